The maximum atomic E-state index is 13.3. The molecule has 1 aliphatic rings. The van der Waals surface area contributed by atoms with Crippen LogP contribution >= 0.6 is 12.4 Å². The largest absolute Gasteiger partial charge is 0.463 e. The van der Waals surface area contributed by atoms with E-state index in [9.17, 15) is 4.79 Å². The number of carbonyl (C=O) groups is 1. The summed E-state index contributed by atoms with van der Waals surface area (Å²) in [6.45, 7) is 6.02. The summed E-state index contributed by atoms with van der Waals surface area (Å²) in [6, 6.07) is 19.3. The maximum absolute atomic E-state index is 13.3. The van der Waals surface area contributed by atoms with Crippen molar-refractivity contribution in [3.63, 3.8) is 0 Å². The van der Waals surface area contributed by atoms with Gasteiger partial charge in [0.2, 0.25) is 5.60 Å². The van der Waals surface area contributed by atoms with Crippen LogP contribution in [0.2, 0.25) is 0 Å². The second-order valence-corrected chi connectivity index (χ2v) is 7.24. The molecule has 2 aromatic carbocycles. The Balaban J connectivity index is 0.00000300. The summed E-state index contributed by atoms with van der Waals surface area (Å²) >= 11 is 0. The number of ether oxygens (including phenoxy) is 2. The number of piperidine rings is 1. The van der Waals surface area contributed by atoms with Crippen LogP contribution < -0.4 is 0 Å². The van der Waals surface area contributed by atoms with Crippen molar-refractivity contribution in [1.82, 2.24) is 4.90 Å². The summed E-state index contributed by atoms with van der Waals surface area (Å²) in [5.41, 5.74) is 0.357. The van der Waals surface area contributed by atoms with Gasteiger partial charge in [-0.1, -0.05) is 67.1 Å². The second kappa shape index (κ2) is 12.0. The van der Waals surface area contributed by atoms with Crippen molar-refractivity contribution in [2.75, 3.05) is 32.8 Å². The standard InChI is InChI=1S/C24H31NO3.ClH/c1-2-28-24(21-13-6-3-7-14-21,22-15-8-4-9-16-22)23(26)27-20-12-19-25-17-10-5-11-18-25;/h3-4,6-9,13-16H,2,5,10-12,17-20H2,1H3;1H. The van der Waals surface area contributed by atoms with E-state index in [0.29, 0.717) is 13.2 Å². The zero-order chi connectivity index (χ0) is 19.7. The maximum Gasteiger partial charge on any atom is 0.347 e. The smallest absolute Gasteiger partial charge is 0.347 e. The van der Waals surface area contributed by atoms with Crippen molar-refractivity contribution in [3.8, 4) is 0 Å². The number of likely N-dealkylation sites (tertiary alicyclic amines) is 1. The first kappa shape index (κ1) is 23.4. The van der Waals surface area contributed by atoms with Crippen LogP contribution in [0.25, 0.3) is 0 Å². The molecule has 0 aliphatic carbocycles. The molecule has 1 fully saturated rings. The lowest BCUT2D eigenvalue weighted by Gasteiger charge is -2.32. The normalized spacial score (nSPS) is 14.8. The van der Waals surface area contributed by atoms with E-state index in [0.717, 1.165) is 37.2 Å². The van der Waals surface area contributed by atoms with E-state index in [1.807, 2.05) is 67.6 Å². The Labute approximate surface area is 180 Å². The van der Waals surface area contributed by atoms with Gasteiger partial charge in [0, 0.05) is 13.2 Å². The highest BCUT2D eigenvalue weighted by molar-refractivity contribution is 5.86. The van der Waals surface area contributed by atoms with Crippen molar-refractivity contribution in [2.45, 2.75) is 38.2 Å². The third kappa shape index (κ3) is 5.81. The van der Waals surface area contributed by atoms with Crippen LogP contribution in [0.3, 0.4) is 0 Å². The van der Waals surface area contributed by atoms with Crippen LogP contribution in [-0.2, 0) is 19.9 Å². The van der Waals surface area contributed by atoms with Crippen LogP contribution in [0, 0.1) is 0 Å². The number of hydrogen-bond donors (Lipinski definition) is 0. The van der Waals surface area contributed by atoms with Crippen LogP contribution in [0.5, 0.6) is 0 Å². The average molecular weight is 418 g/mol. The predicted molar refractivity (Wildman–Crippen MR) is 118 cm³/mol. The molecule has 158 valence electrons. The van der Waals surface area contributed by atoms with Crippen LogP contribution in [0.4, 0.5) is 0 Å². The monoisotopic (exact) mass is 417 g/mol. The fraction of sp³-hybridized carbons (Fsp3) is 0.458. The molecule has 5 heteroatoms. The van der Waals surface area contributed by atoms with E-state index >= 15 is 0 Å². The molecule has 0 bridgehead atoms. The molecule has 1 saturated heterocycles. The van der Waals surface area contributed by atoms with Crippen LogP contribution in [0.1, 0.15) is 43.7 Å². The molecule has 0 N–H and O–H groups in total. The molecule has 0 aromatic heterocycles. The van der Waals surface area contributed by atoms with Gasteiger partial charge in [0.05, 0.1) is 6.61 Å². The van der Waals surface area contributed by atoms with Crippen molar-refractivity contribution in [2.24, 2.45) is 0 Å². The summed E-state index contributed by atoms with van der Waals surface area (Å²) in [5, 5.41) is 0. The highest BCUT2D eigenvalue weighted by atomic mass is 35.5. The molecule has 29 heavy (non-hydrogen) atoms. The quantitative estimate of drug-likeness (QED) is 0.433. The topological polar surface area (TPSA) is 38.8 Å². The number of esters is 1. The average Bonchev–Trinajstić information content (AvgIpc) is 2.77. The molecular formula is C24H32ClNO3. The van der Waals surface area contributed by atoms with Gasteiger partial charge < -0.3 is 14.4 Å². The molecular weight excluding hydrogens is 386 g/mol. The van der Waals surface area contributed by atoms with Gasteiger partial charge in [0.1, 0.15) is 0 Å². The highest BCUT2D eigenvalue weighted by Crippen LogP contribution is 2.35. The first-order valence-electron chi connectivity index (χ1n) is 10.4. The number of benzene rings is 2. The Kier molecular flexibility index (Phi) is 9.65. The second-order valence-electron chi connectivity index (χ2n) is 7.24. The minimum atomic E-state index is -1.23. The van der Waals surface area contributed by atoms with Crippen molar-refractivity contribution < 1.29 is 14.3 Å². The van der Waals surface area contributed by atoms with Gasteiger partial charge in [-0.3, -0.25) is 0 Å². The molecule has 2 aromatic rings. The number of hydrogen-bond acceptors (Lipinski definition) is 4. The summed E-state index contributed by atoms with van der Waals surface area (Å²) in [5.74, 6) is -0.342. The summed E-state index contributed by atoms with van der Waals surface area (Å²) in [7, 11) is 0. The fourth-order valence-electron chi connectivity index (χ4n) is 3.93. The summed E-state index contributed by atoms with van der Waals surface area (Å²) < 4.78 is 11.9. The predicted octanol–water partition coefficient (Wildman–Crippen LogP) is 4.81. The lowest BCUT2D eigenvalue weighted by atomic mass is 9.86. The first-order chi connectivity index (χ1) is 13.8. The lowest BCUT2D eigenvalue weighted by Crippen LogP contribution is -2.42. The number of carbonyl (C=O) groups excluding carboxylic acids is 1. The Morgan fingerprint density at radius 2 is 1.48 bits per heavy atom. The molecule has 0 atom stereocenters. The van der Waals surface area contributed by atoms with E-state index in [4.69, 9.17) is 9.47 Å². The Morgan fingerprint density at radius 1 is 0.931 bits per heavy atom. The zero-order valence-electron chi connectivity index (χ0n) is 17.2. The van der Waals surface area contributed by atoms with Gasteiger partial charge in [-0.25, -0.2) is 4.79 Å². The molecule has 3 rings (SSSR count). The summed E-state index contributed by atoms with van der Waals surface area (Å²) in [6.07, 6.45) is 4.72. The van der Waals surface area contributed by atoms with Gasteiger partial charge in [0.15, 0.2) is 0 Å². The third-order valence-corrected chi connectivity index (χ3v) is 5.31. The number of nitrogens with zero attached hydrogens (tertiary/aromatic N) is 1. The van der Waals surface area contributed by atoms with E-state index in [2.05, 4.69) is 4.90 Å². The molecule has 0 saturated carbocycles. The molecule has 0 spiro atoms. The van der Waals surface area contributed by atoms with Crippen molar-refractivity contribution >= 4 is 18.4 Å². The minimum absolute atomic E-state index is 0. The number of halogens is 1. The third-order valence-electron chi connectivity index (χ3n) is 5.31. The lowest BCUT2D eigenvalue weighted by molar-refractivity contribution is -0.168. The minimum Gasteiger partial charge on any atom is -0.463 e. The van der Waals surface area contributed by atoms with E-state index in [1.54, 1.807) is 0 Å². The van der Waals surface area contributed by atoms with E-state index in [-0.39, 0.29) is 18.4 Å². The molecule has 1 aliphatic heterocycles. The molecule has 0 unspecified atom stereocenters. The van der Waals surface area contributed by atoms with Gasteiger partial charge >= 0.3 is 5.97 Å². The zero-order valence-corrected chi connectivity index (χ0v) is 18.0. The molecule has 4 nitrogen and oxygen atoms in total. The van der Waals surface area contributed by atoms with Gasteiger partial charge in [-0.15, -0.1) is 12.4 Å². The van der Waals surface area contributed by atoms with E-state index in [1.165, 1.54) is 19.3 Å². The Bertz CT molecular complexity index is 678. The van der Waals surface area contributed by atoms with Gasteiger partial charge in [-0.2, -0.15) is 0 Å². The Morgan fingerprint density at radius 3 is 2.00 bits per heavy atom. The van der Waals surface area contributed by atoms with Crippen molar-refractivity contribution in [1.29, 1.82) is 0 Å². The number of rotatable bonds is 9. The molecule has 0 amide bonds. The van der Waals surface area contributed by atoms with Crippen LogP contribution in [-0.4, -0.2) is 43.7 Å². The highest BCUT2D eigenvalue weighted by Gasteiger charge is 2.44. The SMILES string of the molecule is CCOC(C(=O)OCCCN1CCCCC1)(c1ccccc1)c1ccccc1.Cl. The molecule has 0 radical (unpaired) electrons. The van der Waals surface area contributed by atoms with Gasteiger partial charge in [-0.05, 0) is 50.4 Å². The van der Waals surface area contributed by atoms with E-state index < -0.39 is 5.60 Å². The fourth-order valence-corrected chi connectivity index (χ4v) is 3.93. The van der Waals surface area contributed by atoms with Crippen molar-refractivity contribution in [3.05, 3.63) is 71.8 Å². The summed E-state index contributed by atoms with van der Waals surface area (Å²) in [4.78, 5) is 15.8. The molecule has 1 heterocycles. The van der Waals surface area contributed by atoms with Gasteiger partial charge in [0.25, 0.3) is 0 Å². The Hall–Kier alpha value is -1.88. The first-order valence-corrected chi connectivity index (χ1v) is 10.4. The van der Waals surface area contributed by atoms with Crippen LogP contribution in [0.15, 0.2) is 60.7 Å².